The van der Waals surface area contributed by atoms with Crippen LogP contribution in [-0.4, -0.2) is 17.4 Å². The number of carbonyl (C=O) groups excluding carboxylic acids is 1. The van der Waals surface area contributed by atoms with Gasteiger partial charge in [0.1, 0.15) is 0 Å². The molecule has 2 rings (SSSR count). The van der Waals surface area contributed by atoms with Gasteiger partial charge in [0.2, 0.25) is 5.91 Å². The van der Waals surface area contributed by atoms with Crippen LogP contribution in [0.25, 0.3) is 0 Å². The Balaban J connectivity index is 1.78. The monoisotopic (exact) mass is 297 g/mol. The Morgan fingerprint density at radius 2 is 2.09 bits per heavy atom. The quantitative estimate of drug-likeness (QED) is 0.826. The van der Waals surface area contributed by atoms with Gasteiger partial charge in [0.15, 0.2) is 0 Å². The molecule has 0 aliphatic rings. The zero-order chi connectivity index (χ0) is 15.8. The summed E-state index contributed by atoms with van der Waals surface area (Å²) in [6.45, 7) is 5.39. The molecule has 1 aromatic heterocycles. The van der Waals surface area contributed by atoms with Crippen molar-refractivity contribution >= 4 is 11.6 Å². The third kappa shape index (κ3) is 4.58. The molecule has 0 fully saturated rings. The largest absolute Gasteiger partial charge is 0.384 e. The second kappa shape index (κ2) is 8.17. The third-order valence-electron chi connectivity index (χ3n) is 3.61. The third-order valence-corrected chi connectivity index (χ3v) is 3.61. The Kier molecular flexibility index (Phi) is 5.95. The lowest BCUT2D eigenvalue weighted by molar-refractivity contribution is -0.121. The highest BCUT2D eigenvalue weighted by atomic mass is 16.1. The summed E-state index contributed by atoms with van der Waals surface area (Å²) in [6.07, 6.45) is 4.93. The maximum absolute atomic E-state index is 11.9. The molecule has 0 saturated heterocycles. The van der Waals surface area contributed by atoms with E-state index in [9.17, 15) is 4.79 Å². The van der Waals surface area contributed by atoms with Crippen LogP contribution in [-0.2, 0) is 17.8 Å². The highest BCUT2D eigenvalue weighted by Crippen LogP contribution is 2.20. The molecule has 2 N–H and O–H groups in total. The fraction of sp³-hybridized carbons (Fsp3) is 0.333. The molecule has 22 heavy (non-hydrogen) atoms. The minimum Gasteiger partial charge on any atom is -0.384 e. The van der Waals surface area contributed by atoms with Crippen LogP contribution in [0.2, 0.25) is 0 Å². The number of anilines is 1. The van der Waals surface area contributed by atoms with Crippen LogP contribution >= 0.6 is 0 Å². The number of pyridine rings is 1. The van der Waals surface area contributed by atoms with Gasteiger partial charge >= 0.3 is 0 Å². The van der Waals surface area contributed by atoms with E-state index in [0.717, 1.165) is 17.7 Å². The van der Waals surface area contributed by atoms with Crippen LogP contribution < -0.4 is 10.6 Å². The summed E-state index contributed by atoms with van der Waals surface area (Å²) in [4.78, 5) is 15.9. The van der Waals surface area contributed by atoms with Gasteiger partial charge in [-0.15, -0.1) is 0 Å². The van der Waals surface area contributed by atoms with E-state index in [1.54, 1.807) is 12.4 Å². The predicted octanol–water partition coefficient (Wildman–Crippen LogP) is 3.07. The van der Waals surface area contributed by atoms with Gasteiger partial charge in [-0.2, -0.15) is 0 Å². The number of rotatable bonds is 7. The van der Waals surface area contributed by atoms with Crippen molar-refractivity contribution in [2.75, 3.05) is 11.9 Å². The smallest absolute Gasteiger partial charge is 0.222 e. The summed E-state index contributed by atoms with van der Waals surface area (Å²) in [5.41, 5.74) is 4.67. The molecule has 0 radical (unpaired) electrons. The lowest BCUT2D eigenvalue weighted by Crippen LogP contribution is -2.25. The Labute approximate surface area is 132 Å². The molecule has 0 aliphatic carbocycles. The average Bonchev–Trinajstić information content (AvgIpc) is 2.55. The number of hydrogen-bond donors (Lipinski definition) is 2. The number of nitrogens with zero attached hydrogens (tertiary/aromatic N) is 1. The molecule has 0 saturated carbocycles. The summed E-state index contributed by atoms with van der Waals surface area (Å²) in [6, 6.07) is 10.1. The minimum atomic E-state index is 0.0444. The van der Waals surface area contributed by atoms with Gasteiger partial charge in [-0.05, 0) is 36.1 Å². The lowest BCUT2D eigenvalue weighted by Gasteiger charge is -2.14. The molecule has 2 aromatic rings. The SMILES string of the molecule is CCc1cccc(C)c1NCCC(=O)NCc1cccnc1. The molecule has 4 heteroatoms. The first-order valence-electron chi connectivity index (χ1n) is 7.68. The molecule has 0 spiro atoms. The predicted molar refractivity (Wildman–Crippen MR) is 89.7 cm³/mol. The summed E-state index contributed by atoms with van der Waals surface area (Å²) < 4.78 is 0. The first-order valence-corrected chi connectivity index (χ1v) is 7.68. The molecular weight excluding hydrogens is 274 g/mol. The Morgan fingerprint density at radius 1 is 1.23 bits per heavy atom. The molecule has 0 aliphatic heterocycles. The summed E-state index contributed by atoms with van der Waals surface area (Å²) in [5.74, 6) is 0.0444. The molecule has 0 unspecified atom stereocenters. The first-order chi connectivity index (χ1) is 10.7. The van der Waals surface area contributed by atoms with Crippen molar-refractivity contribution in [1.82, 2.24) is 10.3 Å². The van der Waals surface area contributed by atoms with E-state index in [1.165, 1.54) is 11.1 Å². The van der Waals surface area contributed by atoms with E-state index in [4.69, 9.17) is 0 Å². The number of aryl methyl sites for hydroxylation is 2. The number of para-hydroxylation sites is 1. The maximum Gasteiger partial charge on any atom is 0.222 e. The first kappa shape index (κ1) is 16.0. The maximum atomic E-state index is 11.9. The van der Waals surface area contributed by atoms with E-state index in [0.29, 0.717) is 19.5 Å². The summed E-state index contributed by atoms with van der Waals surface area (Å²) in [7, 11) is 0. The molecule has 1 heterocycles. The highest BCUT2D eigenvalue weighted by molar-refractivity contribution is 5.76. The molecule has 1 amide bonds. The van der Waals surface area contributed by atoms with Crippen molar-refractivity contribution < 1.29 is 4.79 Å². The van der Waals surface area contributed by atoms with Gasteiger partial charge in [-0.1, -0.05) is 31.2 Å². The molecule has 0 atom stereocenters. The fourth-order valence-electron chi connectivity index (χ4n) is 2.37. The second-order valence-corrected chi connectivity index (χ2v) is 5.28. The standard InChI is InChI=1S/C18H23N3O/c1-3-16-8-4-6-14(2)18(16)20-11-9-17(22)21-13-15-7-5-10-19-12-15/h4-8,10,12,20H,3,9,11,13H2,1-2H3,(H,21,22). The van der Waals surface area contributed by atoms with Gasteiger partial charge in [0.25, 0.3) is 0 Å². The van der Waals surface area contributed by atoms with Gasteiger partial charge in [0.05, 0.1) is 0 Å². The highest BCUT2D eigenvalue weighted by Gasteiger charge is 2.05. The number of amides is 1. The number of carbonyl (C=O) groups is 1. The van der Waals surface area contributed by atoms with Crippen LogP contribution in [0, 0.1) is 6.92 Å². The normalized spacial score (nSPS) is 10.3. The molecule has 4 nitrogen and oxygen atoms in total. The number of aromatic nitrogens is 1. The van der Waals surface area contributed by atoms with E-state index in [2.05, 4.69) is 47.7 Å². The molecular formula is C18H23N3O. The second-order valence-electron chi connectivity index (χ2n) is 5.28. The summed E-state index contributed by atoms with van der Waals surface area (Å²) >= 11 is 0. The van der Waals surface area contributed by atoms with E-state index < -0.39 is 0 Å². The van der Waals surface area contributed by atoms with E-state index in [-0.39, 0.29) is 5.91 Å². The summed E-state index contributed by atoms with van der Waals surface area (Å²) in [5, 5.41) is 6.30. The van der Waals surface area contributed by atoms with Gasteiger partial charge in [0, 0.05) is 37.6 Å². The van der Waals surface area contributed by atoms with E-state index >= 15 is 0 Å². The van der Waals surface area contributed by atoms with Crippen LogP contribution in [0.15, 0.2) is 42.7 Å². The van der Waals surface area contributed by atoms with Crippen molar-refractivity contribution in [3.05, 3.63) is 59.4 Å². The van der Waals surface area contributed by atoms with E-state index in [1.807, 2.05) is 12.1 Å². The van der Waals surface area contributed by atoms with Crippen molar-refractivity contribution in [1.29, 1.82) is 0 Å². The zero-order valence-corrected chi connectivity index (χ0v) is 13.2. The van der Waals surface area contributed by atoms with Crippen molar-refractivity contribution in [3.8, 4) is 0 Å². The minimum absolute atomic E-state index is 0.0444. The number of hydrogen-bond acceptors (Lipinski definition) is 3. The molecule has 0 bridgehead atoms. The number of nitrogens with one attached hydrogen (secondary N) is 2. The van der Waals surface area contributed by atoms with Crippen LogP contribution in [0.5, 0.6) is 0 Å². The van der Waals surface area contributed by atoms with Crippen LogP contribution in [0.1, 0.15) is 30.0 Å². The fourth-order valence-corrected chi connectivity index (χ4v) is 2.37. The zero-order valence-electron chi connectivity index (χ0n) is 13.2. The van der Waals surface area contributed by atoms with Gasteiger partial charge in [-0.3, -0.25) is 9.78 Å². The molecule has 116 valence electrons. The van der Waals surface area contributed by atoms with Crippen LogP contribution in [0.3, 0.4) is 0 Å². The average molecular weight is 297 g/mol. The molecule has 1 aromatic carbocycles. The van der Waals surface area contributed by atoms with Crippen LogP contribution in [0.4, 0.5) is 5.69 Å². The Morgan fingerprint density at radius 3 is 2.82 bits per heavy atom. The lowest BCUT2D eigenvalue weighted by atomic mass is 10.1. The number of benzene rings is 1. The van der Waals surface area contributed by atoms with Gasteiger partial charge in [-0.25, -0.2) is 0 Å². The Hall–Kier alpha value is -2.36. The Bertz CT molecular complexity index is 611. The van der Waals surface area contributed by atoms with Crippen molar-refractivity contribution in [2.45, 2.75) is 33.2 Å². The van der Waals surface area contributed by atoms with Gasteiger partial charge < -0.3 is 10.6 Å². The topological polar surface area (TPSA) is 54.0 Å². The van der Waals surface area contributed by atoms with Crippen molar-refractivity contribution in [2.24, 2.45) is 0 Å². The van der Waals surface area contributed by atoms with Crippen molar-refractivity contribution in [3.63, 3.8) is 0 Å².